The van der Waals surface area contributed by atoms with Gasteiger partial charge in [-0.15, -0.1) is 0 Å². The van der Waals surface area contributed by atoms with E-state index in [0.717, 1.165) is 12.5 Å². The molecule has 3 aromatic rings. The highest BCUT2D eigenvalue weighted by Gasteiger charge is 2.35. The van der Waals surface area contributed by atoms with Crippen molar-refractivity contribution in [3.63, 3.8) is 0 Å². The van der Waals surface area contributed by atoms with E-state index in [1.807, 2.05) is 0 Å². The van der Waals surface area contributed by atoms with Crippen molar-refractivity contribution >= 4 is 16.8 Å². The molecule has 0 unspecified atom stereocenters. The Morgan fingerprint density at radius 1 is 1.33 bits per heavy atom. The van der Waals surface area contributed by atoms with Crippen LogP contribution in [0.15, 0.2) is 28.7 Å². The van der Waals surface area contributed by atoms with Crippen molar-refractivity contribution in [2.75, 3.05) is 20.3 Å². The van der Waals surface area contributed by atoms with Gasteiger partial charge in [-0.3, -0.25) is 4.79 Å². The van der Waals surface area contributed by atoms with E-state index in [1.165, 1.54) is 24.1 Å². The van der Waals surface area contributed by atoms with E-state index in [0.29, 0.717) is 23.9 Å². The lowest BCUT2D eigenvalue weighted by Crippen LogP contribution is -2.38. The van der Waals surface area contributed by atoms with Crippen LogP contribution in [0.3, 0.4) is 0 Å². The van der Waals surface area contributed by atoms with Crippen molar-refractivity contribution in [1.29, 1.82) is 0 Å². The quantitative estimate of drug-likeness (QED) is 0.594. The number of pyridine rings is 1. The van der Waals surface area contributed by atoms with Crippen molar-refractivity contribution < 1.29 is 32.2 Å². The lowest BCUT2D eigenvalue weighted by Gasteiger charge is -2.22. The number of fused-ring (bicyclic) bond motifs is 1. The topological polar surface area (TPSA) is 115 Å². The molecule has 176 valence electrons. The molecule has 4 rings (SSSR count). The third-order valence-electron chi connectivity index (χ3n) is 5.68. The molecule has 1 aromatic carbocycles. The molecule has 3 heterocycles. The summed E-state index contributed by atoms with van der Waals surface area (Å²) in [4.78, 5) is 22.8. The lowest BCUT2D eigenvalue weighted by molar-refractivity contribution is -0.140. The molecule has 0 radical (unpaired) electrons. The number of hydrogen-bond acceptors (Lipinski definition) is 7. The van der Waals surface area contributed by atoms with Crippen molar-refractivity contribution in [3.05, 3.63) is 41.4 Å². The second-order valence-electron chi connectivity index (χ2n) is 7.90. The number of aliphatic hydroxyl groups excluding tert-OH is 1. The largest absolute Gasteiger partial charge is 0.494 e. The number of nitrogens with two attached hydrogens (primary N) is 1. The number of benzene rings is 1. The van der Waals surface area contributed by atoms with Crippen LogP contribution in [-0.2, 0) is 6.18 Å². The lowest BCUT2D eigenvalue weighted by atomic mass is 10.1. The Morgan fingerprint density at radius 3 is 2.73 bits per heavy atom. The summed E-state index contributed by atoms with van der Waals surface area (Å²) >= 11 is 0. The zero-order chi connectivity index (χ0) is 23.9. The number of likely N-dealkylation sites (tertiary alicyclic amines) is 1. The molecular weight excluding hydrogens is 441 g/mol. The van der Waals surface area contributed by atoms with Gasteiger partial charge < -0.3 is 24.9 Å². The van der Waals surface area contributed by atoms with Gasteiger partial charge in [-0.25, -0.2) is 9.97 Å². The number of carbonyl (C=O) groups is 1. The summed E-state index contributed by atoms with van der Waals surface area (Å²) < 4.78 is 50.7. The molecule has 1 aliphatic heterocycles. The fourth-order valence-electron chi connectivity index (χ4n) is 4.04. The minimum Gasteiger partial charge on any atom is -0.494 e. The van der Waals surface area contributed by atoms with Gasteiger partial charge in [0.25, 0.3) is 5.91 Å². The van der Waals surface area contributed by atoms with Crippen molar-refractivity contribution in [3.8, 4) is 17.2 Å². The molecule has 0 bridgehead atoms. The maximum Gasteiger partial charge on any atom is 0.433 e. The molecule has 2 atom stereocenters. The number of ether oxygens (including phenoxy) is 1. The van der Waals surface area contributed by atoms with Gasteiger partial charge in [0.1, 0.15) is 17.0 Å². The summed E-state index contributed by atoms with van der Waals surface area (Å²) in [6, 6.07) is 4.19. The second-order valence-corrected chi connectivity index (χ2v) is 7.90. The van der Waals surface area contributed by atoms with Gasteiger partial charge in [-0.1, -0.05) is 0 Å². The second kappa shape index (κ2) is 8.64. The number of oxazole rings is 1. The first-order valence-electron chi connectivity index (χ1n) is 10.4. The smallest absolute Gasteiger partial charge is 0.433 e. The van der Waals surface area contributed by atoms with Crippen LogP contribution < -0.4 is 10.5 Å². The summed E-state index contributed by atoms with van der Waals surface area (Å²) in [5.74, 6) is -0.0795. The molecule has 1 saturated heterocycles. The summed E-state index contributed by atoms with van der Waals surface area (Å²) in [6.45, 7) is 1.94. The Hall–Kier alpha value is -3.18. The molecule has 11 heteroatoms. The number of rotatable bonds is 5. The molecular formula is C22H23F3N4O4. The molecule has 3 N–H and O–H groups in total. The number of halogens is 3. The number of nitrogens with zero attached hydrogens (tertiary/aromatic N) is 3. The summed E-state index contributed by atoms with van der Waals surface area (Å²) in [6.07, 6.45) is -3.19. The Kier molecular flexibility index (Phi) is 6.02. The number of alkyl halides is 3. The third-order valence-corrected chi connectivity index (χ3v) is 5.68. The highest BCUT2D eigenvalue weighted by Crippen LogP contribution is 2.37. The van der Waals surface area contributed by atoms with Gasteiger partial charge in [-0.05, 0) is 44.0 Å². The Bertz CT molecular complexity index is 1190. The molecule has 1 amide bonds. The van der Waals surface area contributed by atoms with Gasteiger partial charge >= 0.3 is 6.18 Å². The number of hydrogen-bond donors (Lipinski definition) is 2. The maximum absolute atomic E-state index is 13.2. The van der Waals surface area contributed by atoms with E-state index in [2.05, 4.69) is 9.97 Å². The molecule has 8 nitrogen and oxygen atoms in total. The standard InChI is InChI=1S/C22H23F3N4O4/c1-11(26)19-18(21(31)29-9-3-4-12(29)10-30)28-20(33-19)14-5-7-15(32-2)17-13(14)6-8-16(27-17)22(23,24)25/h5-8,11-12,30H,3-4,9-10,26H2,1-2H3/t11-,12-/m0/s1. The van der Waals surface area contributed by atoms with E-state index in [-0.39, 0.29) is 41.3 Å². The summed E-state index contributed by atoms with van der Waals surface area (Å²) in [5, 5.41) is 9.89. The van der Waals surface area contributed by atoms with Crippen LogP contribution in [0.25, 0.3) is 22.4 Å². The van der Waals surface area contributed by atoms with Crippen LogP contribution in [0.5, 0.6) is 5.75 Å². The normalized spacial score (nSPS) is 17.5. The average Bonchev–Trinajstić information content (AvgIpc) is 3.44. The van der Waals surface area contributed by atoms with E-state index < -0.39 is 23.8 Å². The average molecular weight is 464 g/mol. The number of aromatic nitrogens is 2. The maximum atomic E-state index is 13.2. The van der Waals surface area contributed by atoms with Crippen molar-refractivity contribution in [2.45, 2.75) is 38.0 Å². The van der Waals surface area contributed by atoms with Crippen LogP contribution in [0, 0.1) is 0 Å². The van der Waals surface area contributed by atoms with Crippen molar-refractivity contribution in [1.82, 2.24) is 14.9 Å². The Labute approximate surface area is 187 Å². The molecule has 0 saturated carbocycles. The van der Waals surface area contributed by atoms with Gasteiger partial charge in [0.2, 0.25) is 5.89 Å². The van der Waals surface area contributed by atoms with E-state index in [4.69, 9.17) is 14.9 Å². The van der Waals surface area contributed by atoms with Gasteiger partial charge in [0, 0.05) is 17.5 Å². The first kappa shape index (κ1) is 23.0. The highest BCUT2D eigenvalue weighted by molar-refractivity contribution is 5.98. The van der Waals surface area contributed by atoms with E-state index in [9.17, 15) is 23.1 Å². The van der Waals surface area contributed by atoms with Crippen LogP contribution in [0.4, 0.5) is 13.2 Å². The highest BCUT2D eigenvalue weighted by atomic mass is 19.4. The van der Waals surface area contributed by atoms with E-state index >= 15 is 0 Å². The third kappa shape index (κ3) is 4.13. The summed E-state index contributed by atoms with van der Waals surface area (Å²) in [7, 11) is 1.33. The van der Waals surface area contributed by atoms with Crippen LogP contribution >= 0.6 is 0 Å². The fraction of sp³-hybridized carbons (Fsp3) is 0.409. The minimum absolute atomic E-state index is 0.0156. The van der Waals surface area contributed by atoms with Gasteiger partial charge in [0.05, 0.1) is 25.8 Å². The van der Waals surface area contributed by atoms with Crippen LogP contribution in [-0.4, -0.2) is 52.2 Å². The molecule has 33 heavy (non-hydrogen) atoms. The molecule has 2 aromatic heterocycles. The Morgan fingerprint density at radius 2 is 2.09 bits per heavy atom. The first-order chi connectivity index (χ1) is 15.7. The zero-order valence-electron chi connectivity index (χ0n) is 18.0. The van der Waals surface area contributed by atoms with Crippen LogP contribution in [0.2, 0.25) is 0 Å². The minimum atomic E-state index is -4.63. The predicted octanol–water partition coefficient (Wildman–Crippen LogP) is 3.53. The number of methoxy groups -OCH3 is 1. The summed E-state index contributed by atoms with van der Waals surface area (Å²) in [5.41, 5.74) is 5.31. The number of aliphatic hydroxyl groups is 1. The number of carbonyl (C=O) groups excluding carboxylic acids is 1. The fourth-order valence-corrected chi connectivity index (χ4v) is 4.04. The van der Waals surface area contributed by atoms with Crippen molar-refractivity contribution in [2.24, 2.45) is 5.73 Å². The molecule has 0 spiro atoms. The zero-order valence-corrected chi connectivity index (χ0v) is 18.0. The molecule has 1 fully saturated rings. The van der Waals surface area contributed by atoms with E-state index in [1.54, 1.807) is 13.0 Å². The Balaban J connectivity index is 1.85. The molecule has 1 aliphatic rings. The van der Waals surface area contributed by atoms with Gasteiger partial charge in [0.15, 0.2) is 11.5 Å². The SMILES string of the molecule is COc1ccc(-c2nc(C(=O)N3CCC[C@H]3CO)c([C@H](C)N)o2)c2ccc(C(F)(F)F)nc12. The predicted molar refractivity (Wildman–Crippen MR) is 113 cm³/mol. The number of amides is 1. The monoisotopic (exact) mass is 464 g/mol. The van der Waals surface area contributed by atoms with Crippen LogP contribution in [0.1, 0.15) is 47.7 Å². The molecule has 0 aliphatic carbocycles. The first-order valence-corrected chi connectivity index (χ1v) is 10.4. The van der Waals surface area contributed by atoms with Gasteiger partial charge in [-0.2, -0.15) is 13.2 Å².